The molecule has 0 radical (unpaired) electrons. The quantitative estimate of drug-likeness (QED) is 0.470. The first kappa shape index (κ1) is 12.9. The number of aliphatic carboxylic acids is 4. The number of carboxylic acids is 4. The Bertz CT molecular complexity index is 350. The number of carbonyl (C=O) groups is 4. The van der Waals surface area contributed by atoms with Gasteiger partial charge >= 0.3 is 0 Å². The van der Waals surface area contributed by atoms with E-state index in [0.29, 0.717) is 0 Å². The Morgan fingerprint density at radius 3 is 1.12 bits per heavy atom. The average molecular weight is 242 g/mol. The van der Waals surface area contributed by atoms with Gasteiger partial charge in [-0.15, -0.1) is 0 Å². The summed E-state index contributed by atoms with van der Waals surface area (Å²) in [5, 5.41) is 42.6. The van der Waals surface area contributed by atoms with Crippen molar-refractivity contribution in [2.45, 2.75) is 6.42 Å². The maximum atomic E-state index is 10.7. The van der Waals surface area contributed by atoms with E-state index in [1.165, 1.54) is 0 Å². The lowest BCUT2D eigenvalue weighted by Crippen LogP contribution is -2.49. The van der Waals surface area contributed by atoms with E-state index in [0.717, 1.165) is 0 Å². The molecule has 1 aliphatic rings. The minimum Gasteiger partial charge on any atom is -0.550 e. The van der Waals surface area contributed by atoms with E-state index in [9.17, 15) is 39.6 Å². The van der Waals surface area contributed by atoms with E-state index in [1.807, 2.05) is 0 Å². The molecule has 0 saturated heterocycles. The van der Waals surface area contributed by atoms with Crippen LogP contribution in [0.4, 0.5) is 0 Å². The monoisotopic (exact) mass is 242 g/mol. The van der Waals surface area contributed by atoms with E-state index in [2.05, 4.69) is 0 Å². The summed E-state index contributed by atoms with van der Waals surface area (Å²) in [7, 11) is 0. The van der Waals surface area contributed by atoms with Gasteiger partial charge in [0.1, 0.15) is 0 Å². The normalized spacial score (nSPS) is 32.0. The van der Waals surface area contributed by atoms with Crippen LogP contribution in [-0.2, 0) is 19.2 Å². The molecule has 8 nitrogen and oxygen atoms in total. The summed E-state index contributed by atoms with van der Waals surface area (Å²) in [4.78, 5) is 42.6. The molecule has 1 rings (SSSR count). The molecule has 0 aromatic carbocycles. The fourth-order valence-electron chi connectivity index (χ4n) is 2.17. The maximum absolute atomic E-state index is 10.7. The Balaban J connectivity index is 3.17. The van der Waals surface area contributed by atoms with Crippen LogP contribution in [0.25, 0.3) is 0 Å². The maximum Gasteiger partial charge on any atom is 0.0458 e. The van der Waals surface area contributed by atoms with Gasteiger partial charge in [0, 0.05) is 47.5 Å². The third-order valence-corrected chi connectivity index (χ3v) is 2.91. The van der Waals surface area contributed by atoms with Crippen LogP contribution in [0.3, 0.4) is 0 Å². The molecular formula is C9H6O8-4. The lowest BCUT2D eigenvalue weighted by atomic mass is 9.87. The largest absolute Gasteiger partial charge is 0.550 e. The summed E-state index contributed by atoms with van der Waals surface area (Å²) >= 11 is 0. The fraction of sp³-hybridized carbons (Fsp3) is 0.556. The van der Waals surface area contributed by atoms with Gasteiger partial charge in [-0.1, -0.05) is 0 Å². The van der Waals surface area contributed by atoms with Crippen LogP contribution in [-0.4, -0.2) is 23.9 Å². The van der Waals surface area contributed by atoms with Gasteiger partial charge in [-0.2, -0.15) is 0 Å². The molecule has 0 N–H and O–H groups in total. The Morgan fingerprint density at radius 2 is 0.941 bits per heavy atom. The number of hydrogen-bond donors (Lipinski definition) is 0. The third kappa shape index (κ3) is 2.19. The second-order valence-corrected chi connectivity index (χ2v) is 3.78. The molecule has 0 amide bonds. The van der Waals surface area contributed by atoms with Crippen LogP contribution in [0.15, 0.2) is 0 Å². The minimum atomic E-state index is -1.99. The van der Waals surface area contributed by atoms with Crippen molar-refractivity contribution in [2.75, 3.05) is 0 Å². The number of carboxylic acid groups (broad SMARTS) is 4. The van der Waals surface area contributed by atoms with Crippen LogP contribution in [0.1, 0.15) is 6.42 Å². The number of hydrogen-bond acceptors (Lipinski definition) is 8. The number of carbonyl (C=O) groups excluding carboxylic acids is 4. The lowest BCUT2D eigenvalue weighted by Gasteiger charge is -2.28. The smallest absolute Gasteiger partial charge is 0.0458 e. The molecule has 8 heteroatoms. The van der Waals surface area contributed by atoms with E-state index in [1.54, 1.807) is 0 Å². The standard InChI is InChI=1S/C9H10O8/c10-6(11)2-1-3(7(12)13)5(9(16)17)4(2)8(14)15/h2-5H,1H2,(H,10,11)(H,12,13)(H,14,15)(H,16,17)/p-4/t2-,3-,4+,5+/m0/s1. The zero-order valence-electron chi connectivity index (χ0n) is 8.28. The van der Waals surface area contributed by atoms with Crippen molar-refractivity contribution in [1.29, 1.82) is 0 Å². The average Bonchev–Trinajstić information content (AvgIpc) is 2.56. The summed E-state index contributed by atoms with van der Waals surface area (Å²) in [5.41, 5.74) is 0. The molecule has 1 saturated carbocycles. The molecule has 0 spiro atoms. The Kier molecular flexibility index (Phi) is 3.35. The third-order valence-electron chi connectivity index (χ3n) is 2.91. The zero-order chi connectivity index (χ0) is 13.3. The molecule has 0 unspecified atom stereocenters. The van der Waals surface area contributed by atoms with Gasteiger partial charge < -0.3 is 39.6 Å². The highest BCUT2D eigenvalue weighted by Gasteiger charge is 2.45. The van der Waals surface area contributed by atoms with E-state index >= 15 is 0 Å². The molecule has 0 bridgehead atoms. The first-order valence-electron chi connectivity index (χ1n) is 4.60. The van der Waals surface area contributed by atoms with Gasteiger partial charge in [-0.3, -0.25) is 0 Å². The molecule has 0 aliphatic heterocycles. The van der Waals surface area contributed by atoms with Crippen molar-refractivity contribution < 1.29 is 39.6 Å². The van der Waals surface area contributed by atoms with Gasteiger partial charge in [0.05, 0.1) is 0 Å². The van der Waals surface area contributed by atoms with Gasteiger partial charge in [0.25, 0.3) is 0 Å². The van der Waals surface area contributed by atoms with Crippen LogP contribution >= 0.6 is 0 Å². The summed E-state index contributed by atoms with van der Waals surface area (Å²) < 4.78 is 0. The summed E-state index contributed by atoms with van der Waals surface area (Å²) in [6.45, 7) is 0. The van der Waals surface area contributed by atoms with Crippen molar-refractivity contribution in [3.8, 4) is 0 Å². The minimum absolute atomic E-state index is 0.692. The molecule has 0 aromatic heterocycles. The Hall–Kier alpha value is -2.12. The highest BCUT2D eigenvalue weighted by molar-refractivity contribution is 5.88. The number of rotatable bonds is 4. The Morgan fingerprint density at radius 1 is 0.647 bits per heavy atom. The second-order valence-electron chi connectivity index (χ2n) is 3.78. The van der Waals surface area contributed by atoms with Crippen molar-refractivity contribution in [3.63, 3.8) is 0 Å². The molecule has 4 atom stereocenters. The van der Waals surface area contributed by atoms with E-state index in [4.69, 9.17) is 0 Å². The van der Waals surface area contributed by atoms with Gasteiger partial charge in [0.15, 0.2) is 0 Å². The van der Waals surface area contributed by atoms with Crippen LogP contribution < -0.4 is 20.4 Å². The summed E-state index contributed by atoms with van der Waals surface area (Å²) in [6.07, 6.45) is -0.692. The van der Waals surface area contributed by atoms with Crippen LogP contribution in [0, 0.1) is 23.7 Å². The molecule has 1 aliphatic carbocycles. The van der Waals surface area contributed by atoms with Crippen molar-refractivity contribution in [1.82, 2.24) is 0 Å². The van der Waals surface area contributed by atoms with Crippen LogP contribution in [0.5, 0.6) is 0 Å². The summed E-state index contributed by atoms with van der Waals surface area (Å²) in [6, 6.07) is 0. The first-order chi connectivity index (χ1) is 7.77. The van der Waals surface area contributed by atoms with Crippen molar-refractivity contribution in [2.24, 2.45) is 23.7 Å². The topological polar surface area (TPSA) is 161 Å². The van der Waals surface area contributed by atoms with Crippen molar-refractivity contribution in [3.05, 3.63) is 0 Å². The van der Waals surface area contributed by atoms with Gasteiger partial charge in [-0.25, -0.2) is 0 Å². The Labute approximate surface area is 94.5 Å². The van der Waals surface area contributed by atoms with E-state index in [-0.39, 0.29) is 0 Å². The SMILES string of the molecule is O=C([O-])[C@H]1[C@H](C(=O)[O-])[C@@H](C(=O)[O-])C[C@@H]1C(=O)[O-]. The molecule has 17 heavy (non-hydrogen) atoms. The van der Waals surface area contributed by atoms with Crippen LogP contribution in [0.2, 0.25) is 0 Å². The van der Waals surface area contributed by atoms with E-state index < -0.39 is 54.0 Å². The summed E-state index contributed by atoms with van der Waals surface area (Å²) in [5.74, 6) is -15.1. The fourth-order valence-corrected chi connectivity index (χ4v) is 2.17. The molecule has 0 aromatic rings. The molecule has 0 heterocycles. The highest BCUT2D eigenvalue weighted by atomic mass is 16.4. The lowest BCUT2D eigenvalue weighted by molar-refractivity contribution is -0.335. The first-order valence-corrected chi connectivity index (χ1v) is 4.60. The predicted octanol–water partition coefficient (Wildman–Crippen LogP) is -6.15. The highest BCUT2D eigenvalue weighted by Crippen LogP contribution is 2.40. The van der Waals surface area contributed by atoms with Crippen molar-refractivity contribution >= 4 is 23.9 Å². The molecule has 1 fully saturated rings. The van der Waals surface area contributed by atoms with Gasteiger partial charge in [0.2, 0.25) is 0 Å². The molecular weight excluding hydrogens is 236 g/mol. The second kappa shape index (κ2) is 4.40. The van der Waals surface area contributed by atoms with Gasteiger partial charge in [-0.05, 0) is 6.42 Å². The molecule has 94 valence electrons. The zero-order valence-corrected chi connectivity index (χ0v) is 8.28. The predicted molar refractivity (Wildman–Crippen MR) is 38.6 cm³/mol.